The fourth-order valence-electron chi connectivity index (χ4n) is 4.50. The summed E-state index contributed by atoms with van der Waals surface area (Å²) in [6, 6.07) is 10.3. The highest BCUT2D eigenvalue weighted by molar-refractivity contribution is 7.89. The highest BCUT2D eigenvalue weighted by Crippen LogP contribution is 2.22. The number of aromatic hydroxyl groups is 1. The van der Waals surface area contributed by atoms with Crippen molar-refractivity contribution in [2.75, 3.05) is 26.3 Å². The monoisotopic (exact) mass is 624 g/mol. The average molecular weight is 625 g/mol. The van der Waals surface area contributed by atoms with Crippen LogP contribution in [-0.2, 0) is 39.0 Å². The van der Waals surface area contributed by atoms with E-state index in [1.54, 1.807) is 24.3 Å². The maximum atomic E-state index is 11.9. The van der Waals surface area contributed by atoms with Crippen molar-refractivity contribution in [3.8, 4) is 5.75 Å². The lowest BCUT2D eigenvalue weighted by atomic mass is 10.0. The third-order valence-electron chi connectivity index (χ3n) is 6.82. The summed E-state index contributed by atoms with van der Waals surface area (Å²) in [5, 5.41) is 45.2. The number of hydrogen-bond donors (Lipinski definition) is 6. The lowest BCUT2D eigenvalue weighted by Crippen LogP contribution is -2.22. The molecule has 0 amide bonds. The van der Waals surface area contributed by atoms with Gasteiger partial charge in [-0.15, -0.1) is 0 Å². The number of aliphatic carboxylic acids is 1. The Morgan fingerprint density at radius 2 is 1.51 bits per heavy atom. The van der Waals surface area contributed by atoms with Crippen LogP contribution in [0, 0.1) is 0 Å². The number of sulfonamides is 1. The lowest BCUT2D eigenvalue weighted by Gasteiger charge is -2.14. The molecule has 0 heterocycles. The Morgan fingerprint density at radius 1 is 0.930 bits per heavy atom. The number of hydrogen-bond acceptors (Lipinski definition) is 8. The Morgan fingerprint density at radius 3 is 2.09 bits per heavy atom. The number of aliphatic hydroxyl groups excluding tert-OH is 2. The minimum atomic E-state index is -3.71. The van der Waals surface area contributed by atoms with Crippen molar-refractivity contribution in [2.45, 2.75) is 102 Å². The summed E-state index contributed by atoms with van der Waals surface area (Å²) >= 11 is 0. The number of aryl methyl sites for hydroxylation is 2. The van der Waals surface area contributed by atoms with Gasteiger partial charge in [0, 0.05) is 32.2 Å². The van der Waals surface area contributed by atoms with Gasteiger partial charge in [-0.3, -0.25) is 4.79 Å². The first-order chi connectivity index (χ1) is 20.5. The van der Waals surface area contributed by atoms with E-state index < -0.39 is 22.1 Å². The van der Waals surface area contributed by atoms with Gasteiger partial charge in [-0.2, -0.15) is 0 Å². The number of carboxylic acid groups (broad SMARTS) is 1. The van der Waals surface area contributed by atoms with E-state index >= 15 is 0 Å². The van der Waals surface area contributed by atoms with E-state index in [1.807, 2.05) is 0 Å². The summed E-state index contributed by atoms with van der Waals surface area (Å²) in [5.41, 5.74) is 3.15. The predicted molar refractivity (Wildman–Crippen MR) is 168 cm³/mol. The number of phenols is 1. The first kappa shape index (κ1) is 38.5. The fraction of sp³-hybridized carbons (Fsp3) is 0.594. The van der Waals surface area contributed by atoms with Crippen LogP contribution in [0.15, 0.2) is 41.3 Å². The number of unbranched alkanes of at least 4 members (excludes halogenated alkanes) is 6. The summed E-state index contributed by atoms with van der Waals surface area (Å²) in [5.74, 6) is -0.801. The molecular formula is C32H52N2O8S. The van der Waals surface area contributed by atoms with Crippen molar-refractivity contribution in [2.24, 2.45) is 5.14 Å². The van der Waals surface area contributed by atoms with Gasteiger partial charge in [0.2, 0.25) is 10.0 Å². The van der Waals surface area contributed by atoms with Crippen LogP contribution in [0.2, 0.25) is 0 Å². The van der Waals surface area contributed by atoms with Crippen molar-refractivity contribution in [1.29, 1.82) is 0 Å². The molecule has 0 aliphatic rings. The van der Waals surface area contributed by atoms with Gasteiger partial charge < -0.3 is 30.5 Å². The third kappa shape index (κ3) is 18.0. The molecule has 0 aliphatic heterocycles. The predicted octanol–water partition coefficient (Wildman–Crippen LogP) is 4.58. The zero-order valence-electron chi connectivity index (χ0n) is 25.8. The van der Waals surface area contributed by atoms with E-state index in [9.17, 15) is 23.7 Å². The summed E-state index contributed by atoms with van der Waals surface area (Å²) in [6.45, 7) is 5.65. The average Bonchev–Trinajstić information content (AvgIpc) is 2.95. The Bertz CT molecular complexity index is 1170. The van der Waals surface area contributed by atoms with Crippen LogP contribution >= 0.6 is 0 Å². The second-order valence-electron chi connectivity index (χ2n) is 10.8. The topological polar surface area (TPSA) is 179 Å². The largest absolute Gasteiger partial charge is 0.508 e. The third-order valence-corrected chi connectivity index (χ3v) is 7.71. The molecule has 1 atom stereocenters. The molecule has 10 nitrogen and oxygen atoms in total. The molecule has 0 spiro atoms. The van der Waals surface area contributed by atoms with Crippen LogP contribution < -0.4 is 10.5 Å². The van der Waals surface area contributed by atoms with Gasteiger partial charge in [-0.05, 0) is 92.4 Å². The molecule has 0 saturated heterocycles. The molecular weight excluding hydrogens is 572 g/mol. The molecule has 0 saturated carbocycles. The van der Waals surface area contributed by atoms with Gasteiger partial charge in [-0.25, -0.2) is 13.6 Å². The van der Waals surface area contributed by atoms with Crippen LogP contribution in [0.1, 0.15) is 100.0 Å². The molecule has 2 aromatic rings. The van der Waals surface area contributed by atoms with Crippen molar-refractivity contribution in [3.05, 3.63) is 58.7 Å². The van der Waals surface area contributed by atoms with Gasteiger partial charge in [0.15, 0.2) is 0 Å². The van der Waals surface area contributed by atoms with Crippen LogP contribution in [0.5, 0.6) is 5.75 Å². The van der Waals surface area contributed by atoms with Crippen LogP contribution in [0.4, 0.5) is 0 Å². The molecule has 2 rings (SSSR count). The number of ether oxygens (including phenoxy) is 1. The quantitative estimate of drug-likeness (QED) is 0.108. The van der Waals surface area contributed by atoms with E-state index in [0.29, 0.717) is 24.3 Å². The lowest BCUT2D eigenvalue weighted by molar-refractivity contribution is -0.134. The number of carboxylic acids is 1. The first-order valence-corrected chi connectivity index (χ1v) is 16.8. The van der Waals surface area contributed by atoms with Crippen LogP contribution in [0.3, 0.4) is 0 Å². The van der Waals surface area contributed by atoms with Crippen molar-refractivity contribution in [3.63, 3.8) is 0 Å². The number of primary sulfonamides is 1. The Balaban J connectivity index is 0.00000217. The second kappa shape index (κ2) is 22.0. The van der Waals surface area contributed by atoms with Gasteiger partial charge >= 0.3 is 0 Å². The molecule has 11 heteroatoms. The minimum Gasteiger partial charge on any atom is -0.508 e. The maximum absolute atomic E-state index is 11.9. The normalized spacial score (nSPS) is 12.0. The number of nitrogens with one attached hydrogen (secondary N) is 1. The van der Waals surface area contributed by atoms with Gasteiger partial charge in [0.1, 0.15) is 5.75 Å². The highest BCUT2D eigenvalue weighted by atomic mass is 32.2. The van der Waals surface area contributed by atoms with Crippen molar-refractivity contribution in [1.82, 2.24) is 5.32 Å². The van der Waals surface area contributed by atoms with Gasteiger partial charge in [0.05, 0.1) is 17.6 Å². The SMILES string of the molecule is CC(=O)O.CCCCCc1cc(CCCCOCCCCCCNC[C@H](O)c2ccc(O)c(CO)c2)cc(S(N)(=O)=O)c1. The molecule has 0 radical (unpaired) electrons. The molecule has 244 valence electrons. The van der Waals surface area contributed by atoms with Crippen molar-refractivity contribution < 1.29 is 38.4 Å². The molecule has 0 unspecified atom stereocenters. The Labute approximate surface area is 257 Å². The standard InChI is InChI=1S/C30H48N2O6S.C2H4O2/c1-2-3-6-11-24-18-25(20-28(19-24)39(31,36)37)12-7-10-17-38-16-9-5-4-8-15-32-22-30(35)26-13-14-29(34)27(21-26)23-33;1-2(3)4/h13-14,18-21,30,32-35H,2-12,15-17,22-23H2,1H3,(H2,31,36,37);1H3,(H,3,4)/t30-;/m0./s1. The van der Waals surface area contributed by atoms with E-state index in [2.05, 4.69) is 18.3 Å². The van der Waals surface area contributed by atoms with Crippen LogP contribution in [-0.4, -0.2) is 61.1 Å². The van der Waals surface area contributed by atoms with Gasteiger partial charge in [0.25, 0.3) is 5.97 Å². The second-order valence-corrected chi connectivity index (χ2v) is 12.3. The number of nitrogens with two attached hydrogens (primary N) is 1. The maximum Gasteiger partial charge on any atom is 0.300 e. The molecule has 0 bridgehead atoms. The number of aliphatic hydroxyl groups is 2. The van der Waals surface area contributed by atoms with E-state index in [4.69, 9.17) is 19.8 Å². The molecule has 0 aromatic heterocycles. The Hall–Kier alpha value is -2.54. The molecule has 0 fully saturated rings. The first-order valence-electron chi connectivity index (χ1n) is 15.2. The zero-order valence-corrected chi connectivity index (χ0v) is 26.6. The van der Waals surface area contributed by atoms with E-state index in [1.165, 1.54) is 6.07 Å². The van der Waals surface area contributed by atoms with Crippen molar-refractivity contribution >= 4 is 16.0 Å². The summed E-state index contributed by atoms with van der Waals surface area (Å²) in [6.07, 6.45) is 10.4. The summed E-state index contributed by atoms with van der Waals surface area (Å²) in [4.78, 5) is 9.21. The number of rotatable bonds is 21. The van der Waals surface area contributed by atoms with E-state index in [0.717, 1.165) is 102 Å². The molecule has 0 aliphatic carbocycles. The highest BCUT2D eigenvalue weighted by Gasteiger charge is 2.12. The van der Waals surface area contributed by atoms with E-state index in [-0.39, 0.29) is 17.3 Å². The number of carbonyl (C=O) groups is 1. The number of benzene rings is 2. The molecule has 2 aromatic carbocycles. The zero-order chi connectivity index (χ0) is 32.1. The molecule has 7 N–H and O–H groups in total. The summed E-state index contributed by atoms with van der Waals surface area (Å²) < 4.78 is 29.5. The van der Waals surface area contributed by atoms with Gasteiger partial charge in [-0.1, -0.05) is 44.7 Å². The minimum absolute atomic E-state index is 0.0325. The summed E-state index contributed by atoms with van der Waals surface area (Å²) in [7, 11) is -3.71. The Kier molecular flexibility index (Phi) is 19.7. The molecule has 43 heavy (non-hydrogen) atoms. The smallest absolute Gasteiger partial charge is 0.300 e. The fourth-order valence-corrected chi connectivity index (χ4v) is 5.13. The van der Waals surface area contributed by atoms with Crippen LogP contribution in [0.25, 0.3) is 0 Å².